The number of aliphatic hydroxyl groups is 6. The molecule has 12 atom stereocenters. The molecular weight excluding hydrogens is 802 g/mol. The molecule has 0 radical (unpaired) electrons. The molecule has 0 spiro atoms. The fraction of sp³-hybridized carbons (Fsp3) is 0.651. The van der Waals surface area contributed by atoms with Crippen LogP contribution >= 0.6 is 0 Å². The smallest absolute Gasteiger partial charge is 0.202 e. The summed E-state index contributed by atoms with van der Waals surface area (Å²) in [6.07, 6.45) is -8.92. The average molecular weight is 862 g/mol. The van der Waals surface area contributed by atoms with Crippen molar-refractivity contribution in [2.45, 2.75) is 152 Å². The lowest BCUT2D eigenvalue weighted by Gasteiger charge is -2.43. The van der Waals surface area contributed by atoms with Crippen molar-refractivity contribution < 1.29 is 83.7 Å². The van der Waals surface area contributed by atoms with E-state index in [1.807, 2.05) is 0 Å². The molecule has 3 unspecified atom stereocenters. The minimum atomic E-state index is -2.09. The number of carbonyl (C=O) groups excluding carboxylic acids is 3. The van der Waals surface area contributed by atoms with Crippen molar-refractivity contribution in [3.8, 4) is 17.2 Å². The van der Waals surface area contributed by atoms with Crippen molar-refractivity contribution in [3.63, 3.8) is 0 Å². The van der Waals surface area contributed by atoms with E-state index >= 15 is 0 Å². The number of ether oxygens (including phenoxy) is 6. The largest absolute Gasteiger partial charge is 0.507 e. The first-order valence-corrected chi connectivity index (χ1v) is 21.0. The Hall–Kier alpha value is -3.63. The summed E-state index contributed by atoms with van der Waals surface area (Å²) in [7, 11) is 1.33. The third-order valence-corrected chi connectivity index (χ3v) is 12.2. The van der Waals surface area contributed by atoms with Gasteiger partial charge in [0.2, 0.25) is 5.78 Å². The number of hydrogen-bond acceptors (Lipinski definition) is 18. The number of aromatic hydroxyl groups is 2. The van der Waals surface area contributed by atoms with Gasteiger partial charge in [0.15, 0.2) is 30.4 Å². The molecule has 61 heavy (non-hydrogen) atoms. The van der Waals surface area contributed by atoms with E-state index in [-0.39, 0.29) is 40.8 Å². The summed E-state index contributed by atoms with van der Waals surface area (Å²) in [6.45, 7) is 4.92. The quantitative estimate of drug-likeness (QED) is 0.0493. The fourth-order valence-electron chi connectivity index (χ4n) is 8.65. The van der Waals surface area contributed by atoms with Gasteiger partial charge in [0.05, 0.1) is 48.7 Å². The molecule has 18 heteroatoms. The van der Waals surface area contributed by atoms with E-state index in [0.29, 0.717) is 19.6 Å². The lowest BCUT2D eigenvalue weighted by atomic mass is 9.72. The lowest BCUT2D eigenvalue weighted by Crippen LogP contribution is -2.59. The topological polar surface area (TPSA) is 280 Å². The van der Waals surface area contributed by atoms with Crippen LogP contribution in [0.2, 0.25) is 0 Å². The number of rotatable bonds is 18. The third kappa shape index (κ3) is 9.51. The first kappa shape index (κ1) is 46.9. The van der Waals surface area contributed by atoms with Crippen molar-refractivity contribution in [3.05, 3.63) is 51.6 Å². The molecule has 18 nitrogen and oxygen atoms in total. The standard InChI is InChI=1S/C43H59NO17/c1-5-6-7-8-15-57-28(61-42-41(54)40(53)37(50)27(19-45)60-42)13-10-14-44-24-16-29(58-20(2)34(24)47)59-26-18-43(55,21(3)46)17-23-31(26)39(52)33-32(36(23)49)35(48)22-11-9-12-25(56-4)30(22)38(33)51/h9,11-12,20,24,26-29,34,37,40-42,44-45,47,49-50,52-55H,5-8,10,13-19H2,1-4H3/t20-,24-,26?,27+,28?,29-,34+,37-,40-,41+,42-,43?/m0/s1. The number of Topliss-reactive ketones (excluding diaryl/α,β-unsaturated/α-hetero) is 1. The number of methoxy groups -OCH3 is 1. The molecule has 0 saturated carbocycles. The summed E-state index contributed by atoms with van der Waals surface area (Å²) in [5, 5.41) is 90.2. The molecule has 2 aliphatic carbocycles. The molecule has 2 saturated heterocycles. The number of phenols is 2. The normalized spacial score (nSPS) is 31.6. The third-order valence-electron chi connectivity index (χ3n) is 12.2. The van der Waals surface area contributed by atoms with E-state index in [1.165, 1.54) is 32.2 Å². The number of ketones is 3. The highest BCUT2D eigenvalue weighted by atomic mass is 16.8. The van der Waals surface area contributed by atoms with Crippen molar-refractivity contribution in [1.82, 2.24) is 5.32 Å². The number of fused-ring (bicyclic) bond motifs is 3. The van der Waals surface area contributed by atoms with E-state index in [9.17, 15) is 55.2 Å². The van der Waals surface area contributed by atoms with Gasteiger partial charge in [-0.05, 0) is 45.7 Å². The Balaban J connectivity index is 1.18. The highest BCUT2D eigenvalue weighted by Crippen LogP contribution is 2.52. The molecule has 2 aliphatic heterocycles. The van der Waals surface area contributed by atoms with Gasteiger partial charge < -0.3 is 74.6 Å². The second-order valence-corrected chi connectivity index (χ2v) is 16.4. The number of nitrogens with one attached hydrogen (secondary N) is 1. The number of carbonyl (C=O) groups is 3. The molecule has 0 bridgehead atoms. The minimum Gasteiger partial charge on any atom is -0.507 e. The minimum absolute atomic E-state index is 0.0360. The first-order chi connectivity index (χ1) is 29.1. The molecule has 6 rings (SSSR count). The van der Waals surface area contributed by atoms with Crippen molar-refractivity contribution in [2.24, 2.45) is 0 Å². The number of unbranched alkanes of at least 4 members (excludes halogenated alkanes) is 3. The maximum Gasteiger partial charge on any atom is 0.202 e. The highest BCUT2D eigenvalue weighted by molar-refractivity contribution is 6.31. The Kier molecular flexibility index (Phi) is 15.2. The van der Waals surface area contributed by atoms with Gasteiger partial charge in [-0.1, -0.05) is 38.3 Å². The monoisotopic (exact) mass is 861 g/mol. The fourth-order valence-corrected chi connectivity index (χ4v) is 8.65. The summed E-state index contributed by atoms with van der Waals surface area (Å²) < 4.78 is 35.2. The number of aliphatic hydroxyl groups excluding tert-OH is 5. The Bertz CT molecular complexity index is 1910. The summed E-state index contributed by atoms with van der Waals surface area (Å²) >= 11 is 0. The van der Waals surface area contributed by atoms with Crippen molar-refractivity contribution >= 4 is 17.3 Å². The van der Waals surface area contributed by atoms with Gasteiger partial charge in [0.1, 0.15) is 47.3 Å². The lowest BCUT2D eigenvalue weighted by molar-refractivity contribution is -0.337. The van der Waals surface area contributed by atoms with E-state index < -0.39 is 133 Å². The van der Waals surface area contributed by atoms with Crippen LogP contribution in [0.15, 0.2) is 18.2 Å². The molecular formula is C43H59NO17. The molecule has 0 aromatic heterocycles. The van der Waals surface area contributed by atoms with Gasteiger partial charge in [-0.3, -0.25) is 14.4 Å². The maximum atomic E-state index is 14.0. The van der Waals surface area contributed by atoms with Gasteiger partial charge in [0.25, 0.3) is 0 Å². The number of hydrogen-bond donors (Lipinski definition) is 9. The van der Waals surface area contributed by atoms with E-state index in [0.717, 1.165) is 25.7 Å². The molecule has 2 aromatic rings. The van der Waals surface area contributed by atoms with Crippen molar-refractivity contribution in [1.29, 1.82) is 0 Å². The maximum absolute atomic E-state index is 14.0. The number of phenolic OH excluding ortho intramolecular Hbond substituents is 2. The summed E-state index contributed by atoms with van der Waals surface area (Å²) in [4.78, 5) is 40.7. The number of benzene rings is 2. The van der Waals surface area contributed by atoms with E-state index in [4.69, 9.17) is 28.4 Å². The van der Waals surface area contributed by atoms with E-state index in [1.54, 1.807) is 6.92 Å². The van der Waals surface area contributed by atoms with Crippen LogP contribution in [-0.4, -0.2) is 152 Å². The SMILES string of the molecule is CCCCCCOC(CCCN[C@H]1C[C@H](OC2CC(O)(C(C)=O)Cc3c(O)c4c(c(O)c32)C(=O)c2c(OC)cccc2C4=O)O[C@@H](C)[C@H]1O)O[C@@H]1O[C@H](CO)[C@H](O)[C@H](O)[C@H]1O. The van der Waals surface area contributed by atoms with Crippen molar-refractivity contribution in [2.75, 3.05) is 26.9 Å². The van der Waals surface area contributed by atoms with Gasteiger partial charge in [0, 0.05) is 48.6 Å². The molecule has 9 N–H and O–H groups in total. The zero-order chi connectivity index (χ0) is 44.3. The van der Waals surface area contributed by atoms with Crippen LogP contribution in [-0.2, 0) is 34.9 Å². The van der Waals surface area contributed by atoms with Gasteiger partial charge in [-0.2, -0.15) is 0 Å². The second-order valence-electron chi connectivity index (χ2n) is 16.4. The Morgan fingerprint density at radius 3 is 2.38 bits per heavy atom. The van der Waals surface area contributed by atoms with Crippen LogP contribution in [0.3, 0.4) is 0 Å². The predicted octanol–water partition coefficient (Wildman–Crippen LogP) is 1.18. The highest BCUT2D eigenvalue weighted by Gasteiger charge is 2.50. The summed E-state index contributed by atoms with van der Waals surface area (Å²) in [5.41, 5.74) is -3.40. The molecule has 4 aliphatic rings. The van der Waals surface area contributed by atoms with Crippen LogP contribution in [0.25, 0.3) is 0 Å². The summed E-state index contributed by atoms with van der Waals surface area (Å²) in [6, 6.07) is 3.77. The zero-order valence-electron chi connectivity index (χ0n) is 34.8. The van der Waals surface area contributed by atoms with Crippen LogP contribution in [0.5, 0.6) is 17.2 Å². The average Bonchev–Trinajstić information content (AvgIpc) is 3.23. The Labute approximate surface area is 353 Å². The van der Waals surface area contributed by atoms with Crippen LogP contribution in [0, 0.1) is 0 Å². The van der Waals surface area contributed by atoms with Gasteiger partial charge in [-0.15, -0.1) is 0 Å². The Morgan fingerprint density at radius 1 is 0.951 bits per heavy atom. The molecule has 0 amide bonds. The predicted molar refractivity (Wildman–Crippen MR) is 212 cm³/mol. The summed E-state index contributed by atoms with van der Waals surface area (Å²) in [5.74, 6) is -3.43. The molecule has 2 aromatic carbocycles. The second kappa shape index (κ2) is 19.8. The molecule has 2 heterocycles. The van der Waals surface area contributed by atoms with E-state index in [2.05, 4.69) is 12.2 Å². The molecule has 2 fully saturated rings. The Morgan fingerprint density at radius 2 is 1.69 bits per heavy atom. The van der Waals surface area contributed by atoms with Crippen LogP contribution in [0.1, 0.15) is 121 Å². The van der Waals surface area contributed by atoms with Crippen LogP contribution < -0.4 is 10.1 Å². The molecule has 338 valence electrons. The first-order valence-electron chi connectivity index (χ1n) is 21.0. The van der Waals surface area contributed by atoms with Crippen LogP contribution in [0.4, 0.5) is 0 Å². The van der Waals surface area contributed by atoms with Gasteiger partial charge >= 0.3 is 0 Å². The zero-order valence-corrected chi connectivity index (χ0v) is 34.8. The van der Waals surface area contributed by atoms with Gasteiger partial charge in [-0.25, -0.2) is 0 Å².